The Labute approximate surface area is 97.9 Å². The minimum absolute atomic E-state index is 0.0782. The zero-order chi connectivity index (χ0) is 11.5. The van der Waals surface area contributed by atoms with Crippen LogP contribution in [-0.4, -0.2) is 0 Å². The average Bonchev–Trinajstić information content (AvgIpc) is 2.78. The van der Waals surface area contributed by atoms with E-state index < -0.39 is 0 Å². The zero-order valence-electron chi connectivity index (χ0n) is 8.91. The zero-order valence-corrected chi connectivity index (χ0v) is 9.72. The summed E-state index contributed by atoms with van der Waals surface area (Å²) in [6, 6.07) is 6.97. The highest BCUT2D eigenvalue weighted by Crippen LogP contribution is 2.24. The highest BCUT2D eigenvalue weighted by Gasteiger charge is 2.13. The maximum absolute atomic E-state index is 13.2. The number of hydrogen-bond donors (Lipinski definition) is 2. The number of nitrogens with two attached hydrogens (primary N) is 1. The Morgan fingerprint density at radius 3 is 2.69 bits per heavy atom. The van der Waals surface area contributed by atoms with Gasteiger partial charge in [0.2, 0.25) is 0 Å². The molecule has 0 spiro atoms. The van der Waals surface area contributed by atoms with Crippen molar-refractivity contribution in [3.8, 4) is 0 Å². The molecule has 0 aliphatic carbocycles. The molecule has 0 saturated carbocycles. The third-order valence-corrected chi connectivity index (χ3v) is 3.26. The van der Waals surface area contributed by atoms with E-state index in [0.717, 1.165) is 11.1 Å². The highest BCUT2D eigenvalue weighted by molar-refractivity contribution is 7.08. The minimum Gasteiger partial charge on any atom is -0.271 e. The van der Waals surface area contributed by atoms with Gasteiger partial charge in [0.1, 0.15) is 5.82 Å². The molecule has 1 aromatic heterocycles. The van der Waals surface area contributed by atoms with E-state index in [1.54, 1.807) is 24.3 Å². The summed E-state index contributed by atoms with van der Waals surface area (Å²) in [5, 5.41) is 4.03. The Balaban J connectivity index is 2.37. The minimum atomic E-state index is -0.190. The fraction of sp³-hybridized carbons (Fsp3) is 0.167. The summed E-state index contributed by atoms with van der Waals surface area (Å²) in [5.74, 6) is 5.36. The number of hydrogen-bond acceptors (Lipinski definition) is 3. The molecule has 2 nitrogen and oxygen atoms in total. The van der Waals surface area contributed by atoms with Crippen LogP contribution in [0, 0.1) is 12.7 Å². The van der Waals surface area contributed by atoms with Crippen molar-refractivity contribution in [3.63, 3.8) is 0 Å². The van der Waals surface area contributed by atoms with E-state index in [1.165, 1.54) is 6.07 Å². The van der Waals surface area contributed by atoms with E-state index in [1.807, 2.05) is 22.9 Å². The van der Waals surface area contributed by atoms with Crippen LogP contribution in [-0.2, 0) is 0 Å². The van der Waals surface area contributed by atoms with Gasteiger partial charge in [-0.1, -0.05) is 12.1 Å². The van der Waals surface area contributed by atoms with E-state index in [0.29, 0.717) is 5.56 Å². The van der Waals surface area contributed by atoms with Crippen LogP contribution < -0.4 is 11.3 Å². The van der Waals surface area contributed by atoms with E-state index in [2.05, 4.69) is 5.43 Å². The summed E-state index contributed by atoms with van der Waals surface area (Å²) in [5.41, 5.74) is 5.45. The lowest BCUT2D eigenvalue weighted by Gasteiger charge is -2.15. The Kier molecular flexibility index (Phi) is 3.33. The van der Waals surface area contributed by atoms with Crippen molar-refractivity contribution in [1.29, 1.82) is 0 Å². The first-order valence-corrected chi connectivity index (χ1v) is 5.91. The summed E-state index contributed by atoms with van der Waals surface area (Å²) in [6.45, 7) is 1.75. The van der Waals surface area contributed by atoms with Gasteiger partial charge in [0.25, 0.3) is 0 Å². The third kappa shape index (κ3) is 2.14. The van der Waals surface area contributed by atoms with Gasteiger partial charge in [-0.15, -0.1) is 0 Å². The molecule has 1 aromatic carbocycles. The molecule has 2 rings (SSSR count). The molecule has 16 heavy (non-hydrogen) atoms. The number of nitrogens with one attached hydrogen (secondary N) is 1. The number of aryl methyl sites for hydroxylation is 1. The van der Waals surface area contributed by atoms with E-state index in [9.17, 15) is 4.39 Å². The molecule has 0 aliphatic heterocycles. The Morgan fingerprint density at radius 1 is 1.31 bits per heavy atom. The van der Waals surface area contributed by atoms with Crippen LogP contribution in [0.3, 0.4) is 0 Å². The molecule has 2 aromatic rings. The maximum Gasteiger partial charge on any atom is 0.126 e. The molecular weight excluding hydrogens is 223 g/mol. The molecule has 3 N–H and O–H groups in total. The van der Waals surface area contributed by atoms with Crippen LogP contribution in [0.2, 0.25) is 0 Å². The second kappa shape index (κ2) is 4.74. The monoisotopic (exact) mass is 236 g/mol. The summed E-state index contributed by atoms with van der Waals surface area (Å²) < 4.78 is 13.2. The molecule has 0 saturated heterocycles. The SMILES string of the molecule is Cc1cc(C(NN)c2ccsc2)ccc1F. The predicted octanol–water partition coefficient (Wildman–Crippen LogP) is 2.75. The van der Waals surface area contributed by atoms with Gasteiger partial charge in [0.15, 0.2) is 0 Å². The van der Waals surface area contributed by atoms with Gasteiger partial charge in [-0.2, -0.15) is 11.3 Å². The lowest BCUT2D eigenvalue weighted by molar-refractivity contribution is 0.608. The number of rotatable bonds is 3. The van der Waals surface area contributed by atoms with Crippen molar-refractivity contribution >= 4 is 11.3 Å². The first kappa shape index (κ1) is 11.3. The average molecular weight is 236 g/mol. The van der Waals surface area contributed by atoms with Crippen LogP contribution >= 0.6 is 11.3 Å². The lowest BCUT2D eigenvalue weighted by Crippen LogP contribution is -2.28. The van der Waals surface area contributed by atoms with Crippen molar-refractivity contribution in [2.24, 2.45) is 5.84 Å². The Hall–Kier alpha value is -1.23. The fourth-order valence-corrected chi connectivity index (χ4v) is 2.36. The van der Waals surface area contributed by atoms with E-state index in [-0.39, 0.29) is 11.9 Å². The van der Waals surface area contributed by atoms with Crippen LogP contribution in [0.5, 0.6) is 0 Å². The topological polar surface area (TPSA) is 38.0 Å². The van der Waals surface area contributed by atoms with Crippen molar-refractivity contribution in [3.05, 3.63) is 57.5 Å². The second-order valence-corrected chi connectivity index (χ2v) is 4.45. The van der Waals surface area contributed by atoms with E-state index >= 15 is 0 Å². The van der Waals surface area contributed by atoms with Gasteiger partial charge in [-0.3, -0.25) is 5.84 Å². The third-order valence-electron chi connectivity index (χ3n) is 2.56. The van der Waals surface area contributed by atoms with Crippen molar-refractivity contribution in [2.75, 3.05) is 0 Å². The molecule has 0 amide bonds. The molecule has 84 valence electrons. The van der Waals surface area contributed by atoms with Gasteiger partial charge in [-0.05, 0) is 46.5 Å². The number of hydrazine groups is 1. The van der Waals surface area contributed by atoms with Gasteiger partial charge in [0.05, 0.1) is 6.04 Å². The van der Waals surface area contributed by atoms with Gasteiger partial charge < -0.3 is 0 Å². The van der Waals surface area contributed by atoms with Crippen LogP contribution in [0.4, 0.5) is 4.39 Å². The number of benzene rings is 1. The normalized spacial score (nSPS) is 12.7. The van der Waals surface area contributed by atoms with Gasteiger partial charge in [0, 0.05) is 0 Å². The van der Waals surface area contributed by atoms with Crippen LogP contribution in [0.25, 0.3) is 0 Å². The lowest BCUT2D eigenvalue weighted by atomic mass is 10.00. The van der Waals surface area contributed by atoms with Crippen LogP contribution in [0.1, 0.15) is 22.7 Å². The first-order valence-electron chi connectivity index (χ1n) is 4.96. The molecule has 1 unspecified atom stereocenters. The summed E-state index contributed by atoms with van der Waals surface area (Å²) >= 11 is 1.62. The predicted molar refractivity (Wildman–Crippen MR) is 64.6 cm³/mol. The molecule has 1 atom stereocenters. The Morgan fingerprint density at radius 2 is 2.12 bits per heavy atom. The molecular formula is C12H13FN2S. The number of halogens is 1. The highest BCUT2D eigenvalue weighted by atomic mass is 32.1. The molecule has 4 heteroatoms. The molecule has 0 fully saturated rings. The molecule has 0 aliphatic rings. The first-order chi connectivity index (χ1) is 7.72. The standard InChI is InChI=1S/C12H13FN2S/c1-8-6-9(2-3-11(8)13)12(15-14)10-4-5-16-7-10/h2-7,12,15H,14H2,1H3. The summed E-state index contributed by atoms with van der Waals surface area (Å²) in [7, 11) is 0. The fourth-order valence-electron chi connectivity index (χ4n) is 1.67. The molecule has 0 bridgehead atoms. The molecule has 1 heterocycles. The maximum atomic E-state index is 13.2. The van der Waals surface area contributed by atoms with E-state index in [4.69, 9.17) is 5.84 Å². The molecule has 0 radical (unpaired) electrons. The van der Waals surface area contributed by atoms with Gasteiger partial charge >= 0.3 is 0 Å². The van der Waals surface area contributed by atoms with Crippen molar-refractivity contribution in [2.45, 2.75) is 13.0 Å². The largest absolute Gasteiger partial charge is 0.271 e. The summed E-state index contributed by atoms with van der Waals surface area (Å²) in [4.78, 5) is 0. The van der Waals surface area contributed by atoms with Crippen LogP contribution in [0.15, 0.2) is 35.0 Å². The van der Waals surface area contributed by atoms with Crippen molar-refractivity contribution in [1.82, 2.24) is 5.43 Å². The summed E-state index contributed by atoms with van der Waals surface area (Å²) in [6.07, 6.45) is 0. The second-order valence-electron chi connectivity index (χ2n) is 3.66. The smallest absolute Gasteiger partial charge is 0.126 e. The Bertz CT molecular complexity index is 468. The number of thiophene rings is 1. The van der Waals surface area contributed by atoms with Gasteiger partial charge in [-0.25, -0.2) is 9.82 Å². The quantitative estimate of drug-likeness (QED) is 0.635. The van der Waals surface area contributed by atoms with Crippen molar-refractivity contribution < 1.29 is 4.39 Å².